The SMILES string of the molecule is Cn1c(Br)cc2cccc(CC(=O)O)c21. The predicted octanol–water partition coefficient (Wildman–Crippen LogP) is 2.57. The molecule has 0 unspecified atom stereocenters. The van der Waals surface area contributed by atoms with Crippen molar-refractivity contribution in [2.45, 2.75) is 6.42 Å². The molecule has 0 spiro atoms. The van der Waals surface area contributed by atoms with Crippen LogP contribution in [0.15, 0.2) is 28.9 Å². The molecule has 0 saturated heterocycles. The highest BCUT2D eigenvalue weighted by atomic mass is 79.9. The van der Waals surface area contributed by atoms with Crippen molar-refractivity contribution >= 4 is 32.8 Å². The number of benzene rings is 1. The Kier molecular flexibility index (Phi) is 2.52. The maximum Gasteiger partial charge on any atom is 0.307 e. The van der Waals surface area contributed by atoms with E-state index in [1.54, 1.807) is 0 Å². The number of hydrogen-bond donors (Lipinski definition) is 1. The van der Waals surface area contributed by atoms with Crippen molar-refractivity contribution in [3.05, 3.63) is 34.4 Å². The van der Waals surface area contributed by atoms with Crippen LogP contribution in [0.3, 0.4) is 0 Å². The minimum atomic E-state index is -0.806. The third kappa shape index (κ3) is 1.77. The summed E-state index contributed by atoms with van der Waals surface area (Å²) in [4.78, 5) is 10.7. The van der Waals surface area contributed by atoms with Crippen LogP contribution in [0.5, 0.6) is 0 Å². The molecule has 78 valence electrons. The molecule has 0 bridgehead atoms. The molecule has 3 nitrogen and oxygen atoms in total. The fourth-order valence-electron chi connectivity index (χ4n) is 1.77. The summed E-state index contributed by atoms with van der Waals surface area (Å²) in [6.07, 6.45) is 0.0572. The highest BCUT2D eigenvalue weighted by Crippen LogP contribution is 2.25. The van der Waals surface area contributed by atoms with Gasteiger partial charge in [-0.15, -0.1) is 0 Å². The van der Waals surface area contributed by atoms with Gasteiger partial charge in [-0.3, -0.25) is 4.79 Å². The molecule has 4 heteroatoms. The fraction of sp³-hybridized carbons (Fsp3) is 0.182. The van der Waals surface area contributed by atoms with E-state index in [2.05, 4.69) is 15.9 Å². The number of halogens is 1. The molecule has 1 aromatic carbocycles. The topological polar surface area (TPSA) is 42.2 Å². The molecular weight excluding hydrogens is 258 g/mol. The maximum atomic E-state index is 10.7. The van der Waals surface area contributed by atoms with Crippen molar-refractivity contribution in [3.63, 3.8) is 0 Å². The molecule has 0 radical (unpaired) electrons. The molecule has 0 aliphatic rings. The van der Waals surface area contributed by atoms with E-state index in [1.807, 2.05) is 35.9 Å². The number of para-hydroxylation sites is 1. The van der Waals surface area contributed by atoms with Crippen LogP contribution >= 0.6 is 15.9 Å². The Labute approximate surface area is 95.5 Å². The lowest BCUT2D eigenvalue weighted by atomic mass is 10.1. The summed E-state index contributed by atoms with van der Waals surface area (Å²) < 4.78 is 2.91. The van der Waals surface area contributed by atoms with Gasteiger partial charge in [0.2, 0.25) is 0 Å². The van der Waals surface area contributed by atoms with Gasteiger partial charge < -0.3 is 9.67 Å². The summed E-state index contributed by atoms with van der Waals surface area (Å²) in [5.41, 5.74) is 1.82. The second-order valence-electron chi connectivity index (χ2n) is 3.45. The summed E-state index contributed by atoms with van der Waals surface area (Å²) in [7, 11) is 1.91. The lowest BCUT2D eigenvalue weighted by Gasteiger charge is -2.03. The Bertz CT molecular complexity index is 531. The second-order valence-corrected chi connectivity index (χ2v) is 4.26. The van der Waals surface area contributed by atoms with Crippen LogP contribution in [0.4, 0.5) is 0 Å². The Morgan fingerprint density at radius 1 is 1.53 bits per heavy atom. The summed E-state index contributed by atoms with van der Waals surface area (Å²) >= 11 is 3.42. The first-order valence-electron chi connectivity index (χ1n) is 4.54. The summed E-state index contributed by atoms with van der Waals surface area (Å²) in [6.45, 7) is 0. The summed E-state index contributed by atoms with van der Waals surface area (Å²) in [5, 5.41) is 9.86. The number of aliphatic carboxylic acids is 1. The summed E-state index contributed by atoms with van der Waals surface area (Å²) in [5.74, 6) is -0.806. The van der Waals surface area contributed by atoms with Gasteiger partial charge in [-0.05, 0) is 27.6 Å². The van der Waals surface area contributed by atoms with E-state index in [0.29, 0.717) is 0 Å². The van der Waals surface area contributed by atoms with E-state index in [1.165, 1.54) is 0 Å². The van der Waals surface area contributed by atoms with Gasteiger partial charge in [-0.2, -0.15) is 0 Å². The smallest absolute Gasteiger partial charge is 0.307 e. The minimum absolute atomic E-state index is 0.0572. The van der Waals surface area contributed by atoms with E-state index in [4.69, 9.17) is 5.11 Å². The molecule has 1 heterocycles. The van der Waals surface area contributed by atoms with Gasteiger partial charge in [0.05, 0.1) is 16.5 Å². The highest BCUT2D eigenvalue weighted by Gasteiger charge is 2.10. The van der Waals surface area contributed by atoms with Gasteiger partial charge >= 0.3 is 5.97 Å². The number of aromatic nitrogens is 1. The van der Waals surface area contributed by atoms with Crippen LogP contribution in [0.1, 0.15) is 5.56 Å². The second kappa shape index (κ2) is 3.70. The van der Waals surface area contributed by atoms with Crippen molar-refractivity contribution in [2.75, 3.05) is 0 Å². The van der Waals surface area contributed by atoms with Gasteiger partial charge in [0, 0.05) is 12.4 Å². The Morgan fingerprint density at radius 2 is 2.27 bits per heavy atom. The zero-order valence-electron chi connectivity index (χ0n) is 8.20. The first-order chi connectivity index (χ1) is 7.09. The molecule has 1 aromatic heterocycles. The molecule has 2 rings (SSSR count). The molecule has 0 aliphatic carbocycles. The number of rotatable bonds is 2. The van der Waals surface area contributed by atoms with E-state index < -0.39 is 5.97 Å². The van der Waals surface area contributed by atoms with Crippen LogP contribution in [-0.2, 0) is 18.3 Å². The van der Waals surface area contributed by atoms with Crippen molar-refractivity contribution in [3.8, 4) is 0 Å². The number of nitrogens with zero attached hydrogens (tertiary/aromatic N) is 1. The van der Waals surface area contributed by atoms with Crippen molar-refractivity contribution in [2.24, 2.45) is 7.05 Å². The van der Waals surface area contributed by atoms with Crippen molar-refractivity contribution in [1.29, 1.82) is 0 Å². The molecule has 1 N–H and O–H groups in total. The predicted molar refractivity (Wildman–Crippen MR) is 62.0 cm³/mol. The standard InChI is InChI=1S/C11H10BrNO2/c1-13-9(12)5-7-3-2-4-8(11(7)13)6-10(14)15/h2-5H,6H2,1H3,(H,14,15). The summed E-state index contributed by atoms with van der Waals surface area (Å²) in [6, 6.07) is 7.70. The van der Waals surface area contributed by atoms with Gasteiger partial charge in [-0.1, -0.05) is 18.2 Å². The molecule has 2 aromatic rings. The first kappa shape index (κ1) is 10.2. The average Bonchev–Trinajstić information content (AvgIpc) is 2.43. The van der Waals surface area contributed by atoms with Crippen LogP contribution in [0.25, 0.3) is 10.9 Å². The van der Waals surface area contributed by atoms with Crippen LogP contribution < -0.4 is 0 Å². The van der Waals surface area contributed by atoms with Gasteiger partial charge in [-0.25, -0.2) is 0 Å². The lowest BCUT2D eigenvalue weighted by Crippen LogP contribution is -2.02. The number of carbonyl (C=O) groups is 1. The van der Waals surface area contributed by atoms with E-state index >= 15 is 0 Å². The van der Waals surface area contributed by atoms with Crippen molar-refractivity contribution in [1.82, 2.24) is 4.57 Å². The molecule has 15 heavy (non-hydrogen) atoms. The van der Waals surface area contributed by atoms with Crippen LogP contribution in [-0.4, -0.2) is 15.6 Å². The molecule has 0 aliphatic heterocycles. The number of fused-ring (bicyclic) bond motifs is 1. The van der Waals surface area contributed by atoms with Gasteiger partial charge in [0.15, 0.2) is 0 Å². The monoisotopic (exact) mass is 267 g/mol. The molecular formula is C11H10BrNO2. The van der Waals surface area contributed by atoms with Gasteiger partial charge in [0.25, 0.3) is 0 Å². The zero-order valence-corrected chi connectivity index (χ0v) is 9.78. The number of hydrogen-bond acceptors (Lipinski definition) is 1. The Hall–Kier alpha value is -1.29. The van der Waals surface area contributed by atoms with Crippen molar-refractivity contribution < 1.29 is 9.90 Å². The molecule has 0 saturated carbocycles. The Balaban J connectivity index is 2.68. The average molecular weight is 268 g/mol. The first-order valence-corrected chi connectivity index (χ1v) is 5.33. The van der Waals surface area contributed by atoms with Gasteiger partial charge in [0.1, 0.15) is 0 Å². The van der Waals surface area contributed by atoms with Crippen LogP contribution in [0.2, 0.25) is 0 Å². The normalized spacial score (nSPS) is 10.8. The highest BCUT2D eigenvalue weighted by molar-refractivity contribution is 9.10. The third-order valence-corrected chi connectivity index (χ3v) is 3.18. The number of aryl methyl sites for hydroxylation is 1. The quantitative estimate of drug-likeness (QED) is 0.909. The Morgan fingerprint density at radius 3 is 2.93 bits per heavy atom. The molecule has 0 fully saturated rings. The third-order valence-electron chi connectivity index (χ3n) is 2.42. The molecule has 0 amide bonds. The number of carboxylic acids is 1. The minimum Gasteiger partial charge on any atom is -0.481 e. The van der Waals surface area contributed by atoms with E-state index in [0.717, 1.165) is 21.1 Å². The van der Waals surface area contributed by atoms with E-state index in [9.17, 15) is 4.79 Å². The zero-order chi connectivity index (χ0) is 11.0. The number of carboxylic acid groups (broad SMARTS) is 1. The largest absolute Gasteiger partial charge is 0.481 e. The van der Waals surface area contributed by atoms with Crippen LogP contribution in [0, 0.1) is 0 Å². The van der Waals surface area contributed by atoms with E-state index in [-0.39, 0.29) is 6.42 Å². The molecule has 0 atom stereocenters. The maximum absolute atomic E-state index is 10.7. The fourth-order valence-corrected chi connectivity index (χ4v) is 2.20. The lowest BCUT2D eigenvalue weighted by molar-refractivity contribution is -0.136.